The van der Waals surface area contributed by atoms with E-state index in [1.807, 2.05) is 12.1 Å². The highest BCUT2D eigenvalue weighted by atomic mass is 16.6. The molecule has 0 fully saturated rings. The van der Waals surface area contributed by atoms with E-state index in [0.717, 1.165) is 5.56 Å². The molecule has 1 N–H and O–H groups in total. The van der Waals surface area contributed by atoms with Gasteiger partial charge in [0, 0.05) is 24.8 Å². The molecule has 106 valence electrons. The molecule has 0 bridgehead atoms. The molecule has 0 aliphatic rings. The normalized spacial score (nSPS) is 10.2. The highest BCUT2D eigenvalue weighted by Gasteiger charge is 2.03. The molecule has 19 heavy (non-hydrogen) atoms. The summed E-state index contributed by atoms with van der Waals surface area (Å²) in [4.78, 5) is 15.1. The molecule has 0 saturated carbocycles. The van der Waals surface area contributed by atoms with Crippen LogP contribution in [0.1, 0.15) is 12.5 Å². The average molecular weight is 268 g/mol. The van der Waals surface area contributed by atoms with E-state index in [0.29, 0.717) is 32.2 Å². The lowest BCUT2D eigenvalue weighted by Crippen LogP contribution is -2.22. The van der Waals surface area contributed by atoms with Crippen LogP contribution >= 0.6 is 0 Å². The van der Waals surface area contributed by atoms with Crippen LogP contribution in [-0.4, -0.2) is 44.4 Å². The molecular formula is C13H20N2O4. The van der Waals surface area contributed by atoms with E-state index in [9.17, 15) is 4.79 Å². The number of carbonyl (C=O) groups excluding carboxylic acids is 1. The lowest BCUT2D eigenvalue weighted by molar-refractivity contribution is -0.148. The van der Waals surface area contributed by atoms with Gasteiger partial charge in [-0.3, -0.25) is 0 Å². The fourth-order valence-electron chi connectivity index (χ4n) is 1.47. The maximum absolute atomic E-state index is 11.0. The number of nitrogens with zero attached hydrogens (tertiary/aromatic N) is 1. The van der Waals surface area contributed by atoms with Gasteiger partial charge in [-0.1, -0.05) is 6.07 Å². The van der Waals surface area contributed by atoms with Crippen LogP contribution in [0.4, 0.5) is 0 Å². The molecule has 1 aromatic rings. The van der Waals surface area contributed by atoms with Crippen LogP contribution in [0.5, 0.6) is 5.88 Å². The largest absolute Gasteiger partial charge is 0.481 e. The van der Waals surface area contributed by atoms with E-state index < -0.39 is 0 Å². The minimum Gasteiger partial charge on any atom is -0.481 e. The smallest absolute Gasteiger partial charge is 0.332 e. The van der Waals surface area contributed by atoms with E-state index in [1.54, 1.807) is 20.2 Å². The zero-order valence-electron chi connectivity index (χ0n) is 11.3. The molecule has 0 radical (unpaired) electrons. The number of rotatable bonds is 9. The molecular weight excluding hydrogens is 248 g/mol. The molecule has 1 rings (SSSR count). The average Bonchev–Trinajstić information content (AvgIpc) is 2.43. The predicted molar refractivity (Wildman–Crippen MR) is 69.9 cm³/mol. The summed E-state index contributed by atoms with van der Waals surface area (Å²) in [7, 11) is 1.59. The molecule has 1 aromatic heterocycles. The molecule has 0 saturated heterocycles. The summed E-state index contributed by atoms with van der Waals surface area (Å²) in [6.07, 6.45) is 1.69. The maximum atomic E-state index is 11.0. The Hall–Kier alpha value is -1.66. The van der Waals surface area contributed by atoms with Gasteiger partial charge in [0.2, 0.25) is 5.88 Å². The van der Waals surface area contributed by atoms with Crippen LogP contribution in [0, 0.1) is 0 Å². The molecule has 0 atom stereocenters. The quantitative estimate of drug-likeness (QED) is 0.527. The van der Waals surface area contributed by atoms with Gasteiger partial charge >= 0.3 is 5.97 Å². The second-order valence-corrected chi connectivity index (χ2v) is 3.71. The topological polar surface area (TPSA) is 69.7 Å². The van der Waals surface area contributed by atoms with E-state index in [4.69, 9.17) is 14.2 Å². The van der Waals surface area contributed by atoms with Crippen LogP contribution in [0.25, 0.3) is 0 Å². The van der Waals surface area contributed by atoms with Crippen molar-refractivity contribution in [3.8, 4) is 5.88 Å². The molecule has 1 heterocycles. The van der Waals surface area contributed by atoms with Crippen molar-refractivity contribution in [2.24, 2.45) is 0 Å². The fourth-order valence-corrected chi connectivity index (χ4v) is 1.47. The van der Waals surface area contributed by atoms with Gasteiger partial charge in [-0.15, -0.1) is 0 Å². The summed E-state index contributed by atoms with van der Waals surface area (Å²) < 4.78 is 15.0. The Morgan fingerprint density at radius 1 is 1.47 bits per heavy atom. The number of aromatic nitrogens is 1. The van der Waals surface area contributed by atoms with E-state index >= 15 is 0 Å². The number of nitrogens with one attached hydrogen (secondary N) is 1. The summed E-state index contributed by atoms with van der Waals surface area (Å²) in [6, 6.07) is 3.80. The number of hydrogen-bond acceptors (Lipinski definition) is 6. The number of esters is 1. The van der Waals surface area contributed by atoms with Crippen molar-refractivity contribution in [2.45, 2.75) is 13.5 Å². The van der Waals surface area contributed by atoms with Gasteiger partial charge in [0.15, 0.2) is 0 Å². The minimum atomic E-state index is -0.337. The van der Waals surface area contributed by atoms with E-state index in [-0.39, 0.29) is 12.6 Å². The summed E-state index contributed by atoms with van der Waals surface area (Å²) in [5.41, 5.74) is 0.982. The van der Waals surface area contributed by atoms with Crippen molar-refractivity contribution in [1.29, 1.82) is 0 Å². The van der Waals surface area contributed by atoms with E-state index in [2.05, 4.69) is 10.3 Å². The Balaban J connectivity index is 2.12. The molecule has 0 aliphatic heterocycles. The van der Waals surface area contributed by atoms with Crippen LogP contribution in [-0.2, 0) is 20.8 Å². The van der Waals surface area contributed by atoms with E-state index in [1.165, 1.54) is 0 Å². The van der Waals surface area contributed by atoms with Gasteiger partial charge in [-0.25, -0.2) is 9.78 Å². The van der Waals surface area contributed by atoms with Crippen LogP contribution < -0.4 is 10.1 Å². The highest BCUT2D eigenvalue weighted by molar-refractivity contribution is 5.70. The third kappa shape index (κ3) is 6.17. The van der Waals surface area contributed by atoms with Crippen LogP contribution in [0.2, 0.25) is 0 Å². The molecule has 0 aliphatic carbocycles. The summed E-state index contributed by atoms with van der Waals surface area (Å²) in [5.74, 6) is 0.277. The second-order valence-electron chi connectivity index (χ2n) is 3.71. The summed E-state index contributed by atoms with van der Waals surface area (Å²) >= 11 is 0. The standard InChI is InChI=1S/C13H20N2O4/c1-3-19-12(16)10-18-8-7-14-9-11-5-4-6-15-13(11)17-2/h4-6,14H,3,7-10H2,1-2H3. The Morgan fingerprint density at radius 3 is 3.05 bits per heavy atom. The number of pyridine rings is 1. The van der Waals surface area contributed by atoms with Crippen molar-refractivity contribution >= 4 is 5.97 Å². The van der Waals surface area contributed by atoms with Gasteiger partial charge in [0.1, 0.15) is 6.61 Å². The summed E-state index contributed by atoms with van der Waals surface area (Å²) in [5, 5.41) is 3.19. The van der Waals surface area contributed by atoms with Crippen molar-refractivity contribution in [1.82, 2.24) is 10.3 Å². The van der Waals surface area contributed by atoms with Gasteiger partial charge < -0.3 is 19.5 Å². The first-order chi connectivity index (χ1) is 9.27. The van der Waals surface area contributed by atoms with Crippen molar-refractivity contribution in [2.75, 3.05) is 33.5 Å². The molecule has 6 nitrogen and oxygen atoms in total. The third-order valence-electron chi connectivity index (χ3n) is 2.31. The summed E-state index contributed by atoms with van der Waals surface area (Å²) in [6.45, 7) is 3.85. The zero-order chi connectivity index (χ0) is 13.9. The molecule has 0 aromatic carbocycles. The first kappa shape index (κ1) is 15.4. The lowest BCUT2D eigenvalue weighted by atomic mass is 10.2. The van der Waals surface area contributed by atoms with Crippen molar-refractivity contribution in [3.05, 3.63) is 23.9 Å². The lowest BCUT2D eigenvalue weighted by Gasteiger charge is -2.08. The number of carbonyl (C=O) groups is 1. The second kappa shape index (κ2) is 9.29. The monoisotopic (exact) mass is 268 g/mol. The predicted octanol–water partition coefficient (Wildman–Crippen LogP) is 0.759. The Labute approximate surface area is 113 Å². The van der Waals surface area contributed by atoms with Crippen molar-refractivity contribution in [3.63, 3.8) is 0 Å². The Kier molecular flexibility index (Phi) is 7.53. The molecule has 0 unspecified atom stereocenters. The minimum absolute atomic E-state index is 0.00820. The molecule has 6 heteroatoms. The van der Waals surface area contributed by atoms with Gasteiger partial charge in [-0.2, -0.15) is 0 Å². The number of hydrogen-bond donors (Lipinski definition) is 1. The Bertz CT molecular complexity index is 385. The number of ether oxygens (including phenoxy) is 3. The first-order valence-electron chi connectivity index (χ1n) is 6.20. The Morgan fingerprint density at radius 2 is 2.32 bits per heavy atom. The van der Waals surface area contributed by atoms with Crippen molar-refractivity contribution < 1.29 is 19.0 Å². The van der Waals surface area contributed by atoms with Gasteiger partial charge in [-0.05, 0) is 13.0 Å². The molecule has 0 spiro atoms. The SMILES string of the molecule is CCOC(=O)COCCNCc1cccnc1OC. The van der Waals surface area contributed by atoms with Gasteiger partial charge in [0.05, 0.1) is 20.3 Å². The zero-order valence-corrected chi connectivity index (χ0v) is 11.3. The maximum Gasteiger partial charge on any atom is 0.332 e. The van der Waals surface area contributed by atoms with Gasteiger partial charge in [0.25, 0.3) is 0 Å². The highest BCUT2D eigenvalue weighted by Crippen LogP contribution is 2.12. The first-order valence-corrected chi connectivity index (χ1v) is 6.20. The fraction of sp³-hybridized carbons (Fsp3) is 0.538. The molecule has 0 amide bonds. The van der Waals surface area contributed by atoms with Crippen LogP contribution in [0.15, 0.2) is 18.3 Å². The number of methoxy groups -OCH3 is 1. The third-order valence-corrected chi connectivity index (χ3v) is 2.31. The van der Waals surface area contributed by atoms with Crippen LogP contribution in [0.3, 0.4) is 0 Å².